The molecule has 0 aromatic heterocycles. The number of carbonyl (C=O) groups is 1. The molecule has 0 N–H and O–H groups in total. The van der Waals surface area contributed by atoms with Gasteiger partial charge >= 0.3 is 0 Å². The van der Waals surface area contributed by atoms with E-state index in [1.165, 1.54) is 22.0 Å². The van der Waals surface area contributed by atoms with Gasteiger partial charge in [0, 0.05) is 11.5 Å². The summed E-state index contributed by atoms with van der Waals surface area (Å²) in [6.07, 6.45) is 3.24. The molecule has 2 fully saturated rings. The molecule has 30 heavy (non-hydrogen) atoms. The van der Waals surface area contributed by atoms with Crippen LogP contribution in [-0.4, -0.2) is 13.9 Å². The molecule has 2 aliphatic rings. The Bertz CT molecular complexity index is 929. The zero-order valence-corrected chi connectivity index (χ0v) is 18.9. The van der Waals surface area contributed by atoms with Crippen molar-refractivity contribution in [3.05, 3.63) is 91.0 Å². The number of hydrogen-bond acceptors (Lipinski definition) is 1. The Labute approximate surface area is 181 Å². The molecule has 0 unspecified atom stereocenters. The number of benzene rings is 3. The Morgan fingerprint density at radius 2 is 1.13 bits per heavy atom. The maximum absolute atomic E-state index is 14.1. The van der Waals surface area contributed by atoms with E-state index < -0.39 is 8.07 Å². The number of ketones is 1. The molecule has 3 atom stereocenters. The second-order valence-electron chi connectivity index (χ2n) is 9.84. The van der Waals surface area contributed by atoms with Gasteiger partial charge in [0.05, 0.1) is 0 Å². The third kappa shape index (κ3) is 2.85. The van der Waals surface area contributed by atoms with Gasteiger partial charge in [0.15, 0.2) is 8.07 Å². The molecule has 1 nitrogen and oxygen atoms in total. The third-order valence-electron chi connectivity index (χ3n) is 7.92. The Kier molecular flexibility index (Phi) is 4.78. The van der Waals surface area contributed by atoms with E-state index in [1.54, 1.807) is 0 Å². The number of hydrogen-bond donors (Lipinski definition) is 0. The summed E-state index contributed by atoms with van der Waals surface area (Å²) in [5.74, 6) is 1.35. The highest BCUT2D eigenvalue weighted by atomic mass is 28.3. The van der Waals surface area contributed by atoms with E-state index in [4.69, 9.17) is 0 Å². The minimum absolute atomic E-state index is 0.0991. The van der Waals surface area contributed by atoms with Crippen LogP contribution in [0.4, 0.5) is 0 Å². The smallest absolute Gasteiger partial charge is 0.158 e. The first-order chi connectivity index (χ1) is 14.5. The van der Waals surface area contributed by atoms with Gasteiger partial charge in [-0.25, -0.2) is 0 Å². The molecule has 2 saturated carbocycles. The summed E-state index contributed by atoms with van der Waals surface area (Å²) >= 11 is 0. The van der Waals surface area contributed by atoms with Crippen LogP contribution in [0.25, 0.3) is 0 Å². The molecule has 2 aliphatic carbocycles. The second kappa shape index (κ2) is 7.35. The normalized spacial score (nSPS) is 25.3. The number of Topliss-reactive ketones (excluding diaryl/α,β-unsaturated/α-hetero) is 1. The van der Waals surface area contributed by atoms with Gasteiger partial charge in [0.1, 0.15) is 5.78 Å². The molecule has 0 aliphatic heterocycles. The highest BCUT2D eigenvalue weighted by Crippen LogP contribution is 2.58. The molecule has 0 spiro atoms. The molecule has 0 amide bonds. The number of rotatable bonds is 4. The molecule has 0 radical (unpaired) electrons. The van der Waals surface area contributed by atoms with Gasteiger partial charge in [-0.3, -0.25) is 4.79 Å². The summed E-state index contributed by atoms with van der Waals surface area (Å²) in [5, 5.41) is 4.08. The Balaban J connectivity index is 1.74. The SMILES string of the molecule is CC1(C)C[C@@H]2C(=O)[C@@H]([Si](c3ccccc3)(c3ccccc3)c3ccccc3)CC[C@H]21. The topological polar surface area (TPSA) is 17.1 Å². The summed E-state index contributed by atoms with van der Waals surface area (Å²) < 4.78 is 0. The lowest BCUT2D eigenvalue weighted by Crippen LogP contribution is -2.73. The van der Waals surface area contributed by atoms with Gasteiger partial charge in [-0.1, -0.05) is 105 Å². The summed E-state index contributed by atoms with van der Waals surface area (Å²) in [6, 6.07) is 32.8. The van der Waals surface area contributed by atoms with Crippen LogP contribution in [0.15, 0.2) is 91.0 Å². The van der Waals surface area contributed by atoms with Gasteiger partial charge in [-0.05, 0) is 46.2 Å². The van der Waals surface area contributed by atoms with E-state index in [2.05, 4.69) is 105 Å². The lowest BCUT2D eigenvalue weighted by atomic mass is 9.50. The van der Waals surface area contributed by atoms with E-state index in [9.17, 15) is 4.79 Å². The number of fused-ring (bicyclic) bond motifs is 1. The lowest BCUT2D eigenvalue weighted by molar-refractivity contribution is -0.141. The van der Waals surface area contributed by atoms with Crippen molar-refractivity contribution in [2.75, 3.05) is 0 Å². The van der Waals surface area contributed by atoms with E-state index in [-0.39, 0.29) is 11.5 Å². The van der Waals surface area contributed by atoms with Gasteiger partial charge in [-0.2, -0.15) is 0 Å². The summed E-state index contributed by atoms with van der Waals surface area (Å²) in [4.78, 5) is 14.1. The van der Waals surface area contributed by atoms with Crippen LogP contribution in [-0.2, 0) is 4.79 Å². The molecule has 3 aromatic carbocycles. The van der Waals surface area contributed by atoms with Crippen molar-refractivity contribution in [1.82, 2.24) is 0 Å². The molecule has 5 rings (SSSR count). The zero-order valence-electron chi connectivity index (χ0n) is 17.9. The zero-order chi connectivity index (χ0) is 20.8. The summed E-state index contributed by atoms with van der Waals surface area (Å²) in [7, 11) is -2.52. The predicted octanol–water partition coefficient (Wildman–Crippen LogP) is 4.55. The predicted molar refractivity (Wildman–Crippen MR) is 127 cm³/mol. The van der Waals surface area contributed by atoms with Crippen LogP contribution >= 0.6 is 0 Å². The van der Waals surface area contributed by atoms with Crippen molar-refractivity contribution in [2.24, 2.45) is 17.3 Å². The highest BCUT2D eigenvalue weighted by molar-refractivity contribution is 7.14. The monoisotopic (exact) mass is 410 g/mol. The fourth-order valence-corrected chi connectivity index (χ4v) is 12.1. The average molecular weight is 411 g/mol. The van der Waals surface area contributed by atoms with Gasteiger partial charge in [-0.15, -0.1) is 0 Å². The molecule has 3 aromatic rings. The minimum Gasteiger partial charge on any atom is -0.299 e. The summed E-state index contributed by atoms with van der Waals surface area (Å²) in [5.41, 5.74) is 0.420. The van der Waals surface area contributed by atoms with Crippen LogP contribution < -0.4 is 15.6 Å². The van der Waals surface area contributed by atoms with Crippen molar-refractivity contribution in [3.63, 3.8) is 0 Å². The van der Waals surface area contributed by atoms with Crippen LogP contribution in [0.3, 0.4) is 0 Å². The number of carbonyl (C=O) groups excluding carboxylic acids is 1. The van der Waals surface area contributed by atoms with Crippen LogP contribution in [0.2, 0.25) is 5.54 Å². The van der Waals surface area contributed by atoms with E-state index >= 15 is 0 Å². The van der Waals surface area contributed by atoms with Crippen molar-refractivity contribution >= 4 is 29.4 Å². The second-order valence-corrected chi connectivity index (χ2v) is 13.9. The third-order valence-corrected chi connectivity index (χ3v) is 13.3. The van der Waals surface area contributed by atoms with Crippen molar-refractivity contribution in [2.45, 2.75) is 38.7 Å². The maximum atomic E-state index is 14.1. The van der Waals surface area contributed by atoms with Crippen molar-refractivity contribution < 1.29 is 4.79 Å². The van der Waals surface area contributed by atoms with E-state index in [0.717, 1.165) is 12.8 Å². The standard InChI is InChI=1S/C28H30OSi/c1-28(2)20-24-25(28)18-19-26(27(24)29)30(21-12-6-3-7-13-21,22-14-8-4-9-15-22)23-16-10-5-11-17-23/h3-17,24-26H,18-20H2,1-2H3/t24-,25+,26-/m0/s1. The first kappa shape index (κ1) is 19.5. The molecular weight excluding hydrogens is 380 g/mol. The van der Waals surface area contributed by atoms with Gasteiger partial charge < -0.3 is 0 Å². The van der Waals surface area contributed by atoms with E-state index in [1.807, 2.05) is 0 Å². The molecule has 0 heterocycles. The Hall–Kier alpha value is -2.45. The quantitative estimate of drug-likeness (QED) is 0.455. The van der Waals surface area contributed by atoms with Crippen LogP contribution in [0, 0.1) is 17.3 Å². The highest BCUT2D eigenvalue weighted by Gasteiger charge is 2.59. The van der Waals surface area contributed by atoms with Gasteiger partial charge in [0.25, 0.3) is 0 Å². The molecule has 0 saturated heterocycles. The molecule has 2 heteroatoms. The Morgan fingerprint density at radius 1 is 0.700 bits per heavy atom. The first-order valence-electron chi connectivity index (χ1n) is 11.3. The van der Waals surface area contributed by atoms with Crippen LogP contribution in [0.1, 0.15) is 33.1 Å². The molecule has 152 valence electrons. The maximum Gasteiger partial charge on any atom is 0.158 e. The molecular formula is C28H30OSi. The largest absolute Gasteiger partial charge is 0.299 e. The lowest BCUT2D eigenvalue weighted by Gasteiger charge is -2.57. The van der Waals surface area contributed by atoms with Crippen LogP contribution in [0.5, 0.6) is 0 Å². The fraction of sp³-hybridized carbons (Fsp3) is 0.321. The summed E-state index contributed by atoms with van der Waals surface area (Å²) in [6.45, 7) is 4.69. The van der Waals surface area contributed by atoms with Gasteiger partial charge in [0.2, 0.25) is 0 Å². The van der Waals surface area contributed by atoms with E-state index in [0.29, 0.717) is 17.1 Å². The average Bonchev–Trinajstić information content (AvgIpc) is 2.78. The molecule has 0 bridgehead atoms. The Morgan fingerprint density at radius 3 is 1.53 bits per heavy atom. The fourth-order valence-electron chi connectivity index (χ4n) is 6.52. The van der Waals surface area contributed by atoms with Crippen molar-refractivity contribution in [1.29, 1.82) is 0 Å². The van der Waals surface area contributed by atoms with Crippen molar-refractivity contribution in [3.8, 4) is 0 Å². The minimum atomic E-state index is -2.52. The first-order valence-corrected chi connectivity index (χ1v) is 13.3.